The Balaban J connectivity index is 2.27. The third-order valence-corrected chi connectivity index (χ3v) is 4.75. The summed E-state index contributed by atoms with van der Waals surface area (Å²) in [6, 6.07) is 7.84. The number of hydrogen-bond donors (Lipinski definition) is 1. The van der Waals surface area contributed by atoms with Crippen LogP contribution in [0.4, 0.5) is 0 Å². The molecule has 0 saturated carbocycles. The predicted octanol–water partition coefficient (Wildman–Crippen LogP) is 1.82. The van der Waals surface area contributed by atoms with Crippen LogP contribution in [-0.4, -0.2) is 55.2 Å². The molecule has 0 aliphatic heterocycles. The summed E-state index contributed by atoms with van der Waals surface area (Å²) in [6.45, 7) is 1.24. The van der Waals surface area contributed by atoms with Gasteiger partial charge < -0.3 is 15.0 Å². The number of nitrogens with zero attached hydrogens (tertiary/aromatic N) is 1. The third kappa shape index (κ3) is 7.83. The molecule has 0 spiro atoms. The fourth-order valence-electron chi connectivity index (χ4n) is 1.51. The van der Waals surface area contributed by atoms with Crippen molar-refractivity contribution >= 4 is 45.5 Å². The Bertz CT molecular complexity index is 578. The van der Waals surface area contributed by atoms with Crippen LogP contribution in [0.5, 0.6) is 0 Å². The molecule has 0 aromatic heterocycles. The molecule has 1 rings (SSSR count). The highest BCUT2D eigenvalue weighted by molar-refractivity contribution is 9.10. The smallest absolute Gasteiger partial charge is 0.319 e. The molecule has 0 aliphatic rings. The van der Waals surface area contributed by atoms with Crippen LogP contribution in [0.15, 0.2) is 28.7 Å². The van der Waals surface area contributed by atoms with Crippen LogP contribution in [-0.2, 0) is 24.9 Å². The molecule has 1 atom stereocenters. The number of rotatable bonds is 8. The number of carbonyl (C=O) groups is 3. The molecule has 0 aliphatic carbocycles. The van der Waals surface area contributed by atoms with Crippen LogP contribution in [0.2, 0.25) is 0 Å². The molecule has 0 fully saturated rings. The maximum atomic E-state index is 11.9. The van der Waals surface area contributed by atoms with E-state index in [1.807, 2.05) is 24.3 Å². The number of benzene rings is 1. The van der Waals surface area contributed by atoms with Crippen molar-refractivity contribution in [3.63, 3.8) is 0 Å². The van der Waals surface area contributed by atoms with Crippen molar-refractivity contribution in [2.24, 2.45) is 0 Å². The zero-order chi connectivity index (χ0) is 18.1. The van der Waals surface area contributed by atoms with E-state index in [2.05, 4.69) is 21.2 Å². The van der Waals surface area contributed by atoms with Crippen molar-refractivity contribution < 1.29 is 19.1 Å². The summed E-state index contributed by atoms with van der Waals surface area (Å²) in [7, 11) is 3.19. The monoisotopic (exact) mass is 416 g/mol. The highest BCUT2D eigenvalue weighted by Crippen LogP contribution is 2.20. The first kappa shape index (κ1) is 20.5. The first-order chi connectivity index (χ1) is 11.3. The molecule has 1 aromatic carbocycles. The van der Waals surface area contributed by atoms with Gasteiger partial charge in [0.15, 0.2) is 6.61 Å². The molecule has 2 amide bonds. The minimum absolute atomic E-state index is 0.114. The van der Waals surface area contributed by atoms with Gasteiger partial charge >= 0.3 is 5.97 Å². The minimum Gasteiger partial charge on any atom is -0.455 e. The maximum Gasteiger partial charge on any atom is 0.319 e. The lowest BCUT2D eigenvalue weighted by atomic mass is 10.2. The molecule has 6 nitrogen and oxygen atoms in total. The normalized spacial score (nSPS) is 11.5. The summed E-state index contributed by atoms with van der Waals surface area (Å²) in [5, 5.41) is 2.02. The summed E-state index contributed by atoms with van der Waals surface area (Å²) in [6.07, 6.45) is 0. The summed E-state index contributed by atoms with van der Waals surface area (Å²) < 4.78 is 5.96. The van der Waals surface area contributed by atoms with Gasteiger partial charge in [-0.25, -0.2) is 0 Å². The Morgan fingerprint density at radius 3 is 2.46 bits per heavy atom. The van der Waals surface area contributed by atoms with E-state index in [4.69, 9.17) is 4.74 Å². The Kier molecular flexibility index (Phi) is 8.84. The second-order valence-electron chi connectivity index (χ2n) is 5.25. The first-order valence-corrected chi connectivity index (χ1v) is 9.13. The summed E-state index contributed by atoms with van der Waals surface area (Å²) in [4.78, 5) is 36.1. The molecule has 1 N–H and O–H groups in total. The lowest BCUT2D eigenvalue weighted by Crippen LogP contribution is -2.38. The van der Waals surface area contributed by atoms with Gasteiger partial charge in [0.05, 0.1) is 11.8 Å². The van der Waals surface area contributed by atoms with E-state index in [1.54, 1.807) is 21.0 Å². The SMILES string of the molecule is C[C@H](SCc1ccc(Br)cc1)C(=O)OCC(=O)NCC(=O)N(C)C. The van der Waals surface area contributed by atoms with Crippen LogP contribution in [0.25, 0.3) is 0 Å². The van der Waals surface area contributed by atoms with Gasteiger partial charge in [-0.05, 0) is 24.6 Å². The zero-order valence-corrected chi connectivity index (χ0v) is 16.3. The summed E-state index contributed by atoms with van der Waals surface area (Å²) in [5.41, 5.74) is 1.10. The number of ether oxygens (including phenoxy) is 1. The van der Waals surface area contributed by atoms with Crippen molar-refractivity contribution in [1.82, 2.24) is 10.2 Å². The number of thioether (sulfide) groups is 1. The Hall–Kier alpha value is -1.54. The van der Waals surface area contributed by atoms with Gasteiger partial charge in [-0.2, -0.15) is 0 Å². The molecule has 0 radical (unpaired) electrons. The summed E-state index contributed by atoms with van der Waals surface area (Å²) >= 11 is 4.80. The second kappa shape index (κ2) is 10.4. The molecular weight excluding hydrogens is 396 g/mol. The number of esters is 1. The molecule has 0 unspecified atom stereocenters. The first-order valence-electron chi connectivity index (χ1n) is 7.29. The fourth-order valence-corrected chi connectivity index (χ4v) is 2.61. The second-order valence-corrected chi connectivity index (χ2v) is 7.50. The summed E-state index contributed by atoms with van der Waals surface area (Å²) in [5.74, 6) is -0.504. The number of nitrogens with one attached hydrogen (secondary N) is 1. The number of hydrogen-bond acceptors (Lipinski definition) is 5. The van der Waals surface area contributed by atoms with E-state index < -0.39 is 11.9 Å². The van der Waals surface area contributed by atoms with Crippen molar-refractivity contribution in [2.75, 3.05) is 27.2 Å². The number of carbonyl (C=O) groups excluding carboxylic acids is 3. The van der Waals surface area contributed by atoms with E-state index in [-0.39, 0.29) is 24.3 Å². The van der Waals surface area contributed by atoms with Gasteiger partial charge in [-0.15, -0.1) is 11.8 Å². The van der Waals surface area contributed by atoms with Crippen LogP contribution >= 0.6 is 27.7 Å². The minimum atomic E-state index is -0.497. The van der Waals surface area contributed by atoms with Crippen molar-refractivity contribution in [2.45, 2.75) is 17.9 Å². The topological polar surface area (TPSA) is 75.7 Å². The van der Waals surface area contributed by atoms with Gasteiger partial charge in [-0.1, -0.05) is 28.1 Å². The van der Waals surface area contributed by atoms with Gasteiger partial charge in [0.2, 0.25) is 5.91 Å². The lowest BCUT2D eigenvalue weighted by molar-refractivity contribution is -0.147. The van der Waals surface area contributed by atoms with E-state index in [9.17, 15) is 14.4 Å². The third-order valence-electron chi connectivity index (χ3n) is 3.03. The molecule has 24 heavy (non-hydrogen) atoms. The average Bonchev–Trinajstić information content (AvgIpc) is 2.56. The van der Waals surface area contributed by atoms with Crippen LogP contribution in [0.1, 0.15) is 12.5 Å². The number of amides is 2. The lowest BCUT2D eigenvalue weighted by Gasteiger charge is -2.13. The maximum absolute atomic E-state index is 11.9. The van der Waals surface area contributed by atoms with Gasteiger partial charge in [-0.3, -0.25) is 14.4 Å². The molecule has 132 valence electrons. The Labute approximate surface area is 154 Å². The van der Waals surface area contributed by atoms with Crippen molar-refractivity contribution in [3.8, 4) is 0 Å². The van der Waals surface area contributed by atoms with Gasteiger partial charge in [0.25, 0.3) is 5.91 Å². The Morgan fingerprint density at radius 2 is 1.88 bits per heavy atom. The largest absolute Gasteiger partial charge is 0.455 e. The van der Waals surface area contributed by atoms with E-state index >= 15 is 0 Å². The standard InChI is InChI=1S/C16H21BrN2O4S/c1-11(24-10-12-4-6-13(17)7-5-12)16(22)23-9-14(20)18-8-15(21)19(2)3/h4-7,11H,8-10H2,1-3H3,(H,18,20)/t11-/m0/s1. The van der Waals surface area contributed by atoms with Crippen LogP contribution < -0.4 is 5.32 Å². The molecule has 0 heterocycles. The number of halogens is 1. The number of likely N-dealkylation sites (N-methyl/N-ethyl adjacent to an activating group) is 1. The predicted molar refractivity (Wildman–Crippen MR) is 97.6 cm³/mol. The highest BCUT2D eigenvalue weighted by atomic mass is 79.9. The average molecular weight is 417 g/mol. The highest BCUT2D eigenvalue weighted by Gasteiger charge is 2.17. The van der Waals surface area contributed by atoms with E-state index in [1.165, 1.54) is 16.7 Å². The molecule has 0 bridgehead atoms. The van der Waals surface area contributed by atoms with E-state index in [0.29, 0.717) is 5.75 Å². The molecule has 0 saturated heterocycles. The van der Waals surface area contributed by atoms with E-state index in [0.717, 1.165) is 10.0 Å². The molecule has 1 aromatic rings. The van der Waals surface area contributed by atoms with Crippen molar-refractivity contribution in [3.05, 3.63) is 34.3 Å². The van der Waals surface area contributed by atoms with Gasteiger partial charge in [0.1, 0.15) is 0 Å². The zero-order valence-electron chi connectivity index (χ0n) is 13.9. The van der Waals surface area contributed by atoms with Gasteiger partial charge in [0, 0.05) is 24.3 Å². The molecule has 8 heteroatoms. The molecular formula is C16H21BrN2O4S. The quantitative estimate of drug-likeness (QED) is 0.654. The Morgan fingerprint density at radius 1 is 1.25 bits per heavy atom. The van der Waals surface area contributed by atoms with Crippen LogP contribution in [0, 0.1) is 0 Å². The van der Waals surface area contributed by atoms with Crippen molar-refractivity contribution in [1.29, 1.82) is 0 Å². The fraction of sp³-hybridized carbons (Fsp3) is 0.438. The van der Waals surface area contributed by atoms with Crippen LogP contribution in [0.3, 0.4) is 0 Å².